The summed E-state index contributed by atoms with van der Waals surface area (Å²) >= 11 is 0. The van der Waals surface area contributed by atoms with Crippen molar-refractivity contribution in [2.24, 2.45) is 23.3 Å². The van der Waals surface area contributed by atoms with Crippen molar-refractivity contribution in [3.63, 3.8) is 0 Å². The van der Waals surface area contributed by atoms with Crippen molar-refractivity contribution >= 4 is 59.3 Å². The Kier molecular flexibility index (Phi) is 19.3. The molecule has 0 spiro atoms. The lowest BCUT2D eigenvalue weighted by molar-refractivity contribution is -0.144. The van der Waals surface area contributed by atoms with Crippen LogP contribution in [-0.2, 0) is 47.9 Å². The van der Waals surface area contributed by atoms with Crippen LogP contribution in [-0.4, -0.2) is 116 Å². The van der Waals surface area contributed by atoms with Crippen LogP contribution >= 0.6 is 0 Å². The smallest absolute Gasteiger partial charge is 0.326 e. The maximum Gasteiger partial charge on any atom is 0.326 e. The van der Waals surface area contributed by atoms with Crippen molar-refractivity contribution in [3.05, 3.63) is 0 Å². The molecule has 0 fully saturated rings. The maximum atomic E-state index is 13.2. The number of nitrogens with two attached hydrogens (primary N) is 2. The molecule has 0 aromatic heterocycles. The number of aliphatic carboxylic acids is 4. The molecule has 0 aliphatic heterocycles. The van der Waals surface area contributed by atoms with Crippen LogP contribution in [0.1, 0.15) is 72.6 Å². The minimum atomic E-state index is -1.95. The van der Waals surface area contributed by atoms with E-state index in [-0.39, 0.29) is 25.2 Å². The number of carbonyl (C=O) groups excluding carboxylic acids is 6. The molecule has 0 radical (unpaired) electrons. The van der Waals surface area contributed by atoms with Crippen LogP contribution in [0.4, 0.5) is 0 Å². The van der Waals surface area contributed by atoms with Crippen LogP contribution < -0.4 is 38.1 Å². The van der Waals surface area contributed by atoms with Gasteiger partial charge in [0.05, 0.1) is 18.9 Å². The SMILES string of the molecule is CC(C)C[C@H](NC(=O)[C@@H](N)CCC(N)=O)C(=O)N[C@@H](CC(=O)O)C(=O)N[C@@H](CC(=O)O)C(=O)N[C@H](C(=O)N[C@@H](CCC(=O)O)C(=O)O)C(C)C. The first kappa shape index (κ1) is 44.7. The van der Waals surface area contributed by atoms with Crippen LogP contribution in [0.3, 0.4) is 0 Å². The summed E-state index contributed by atoms with van der Waals surface area (Å²) in [6, 6.07) is -9.60. The fourth-order valence-electron chi connectivity index (χ4n) is 4.30. The number of amides is 6. The van der Waals surface area contributed by atoms with Crippen LogP contribution in [0.2, 0.25) is 0 Å². The lowest BCUT2D eigenvalue weighted by atomic mass is 10.0. The number of carbonyl (C=O) groups is 10. The molecule has 0 aromatic carbocycles. The fraction of sp³-hybridized carbons (Fsp3) is 0.655. The standard InChI is InChI=1S/C29H47N7O14/c1-12(2)9-16(33-24(44)14(30)5-7-19(31)37)25(45)34-17(10-21(40)41)26(46)35-18(11-22(42)43)27(47)36-23(13(3)4)28(48)32-15(29(49)50)6-8-20(38)39/h12-18,23H,5-11,30H2,1-4H3,(H2,31,37)(H,32,48)(H,33,44)(H,34,45)(H,35,46)(H,36,47)(H,38,39)(H,40,41)(H,42,43)(H,49,50)/t14-,15-,16-,17-,18-,23-/m0/s1. The third-order valence-electron chi connectivity index (χ3n) is 6.91. The summed E-state index contributed by atoms with van der Waals surface area (Å²) in [7, 11) is 0. The molecule has 0 saturated carbocycles. The van der Waals surface area contributed by atoms with Gasteiger partial charge in [-0.25, -0.2) is 4.79 Å². The van der Waals surface area contributed by atoms with Gasteiger partial charge in [0.25, 0.3) is 0 Å². The van der Waals surface area contributed by atoms with Gasteiger partial charge in [-0.05, 0) is 31.1 Å². The summed E-state index contributed by atoms with van der Waals surface area (Å²) in [6.45, 7) is 6.27. The minimum absolute atomic E-state index is 0.0106. The van der Waals surface area contributed by atoms with Gasteiger partial charge in [0.15, 0.2) is 0 Å². The second-order valence-electron chi connectivity index (χ2n) is 12.2. The van der Waals surface area contributed by atoms with Crippen LogP contribution in [0.25, 0.3) is 0 Å². The lowest BCUT2D eigenvalue weighted by Crippen LogP contribution is -2.60. The minimum Gasteiger partial charge on any atom is -0.481 e. The predicted molar refractivity (Wildman–Crippen MR) is 169 cm³/mol. The molecule has 6 amide bonds. The molecular formula is C29H47N7O14. The highest BCUT2D eigenvalue weighted by Crippen LogP contribution is 2.09. The summed E-state index contributed by atoms with van der Waals surface area (Å²) in [5, 5.41) is 47.9. The van der Waals surface area contributed by atoms with Crippen molar-refractivity contribution in [1.82, 2.24) is 26.6 Å². The molecule has 0 aliphatic rings. The molecule has 13 N–H and O–H groups in total. The topological polar surface area (TPSA) is 364 Å². The zero-order valence-corrected chi connectivity index (χ0v) is 28.1. The second-order valence-corrected chi connectivity index (χ2v) is 12.2. The van der Waals surface area contributed by atoms with E-state index >= 15 is 0 Å². The predicted octanol–water partition coefficient (Wildman–Crippen LogP) is -3.40. The van der Waals surface area contributed by atoms with E-state index in [0.29, 0.717) is 0 Å². The first-order valence-corrected chi connectivity index (χ1v) is 15.5. The second kappa shape index (κ2) is 21.6. The van der Waals surface area contributed by atoms with Crippen LogP contribution in [0.15, 0.2) is 0 Å². The molecular weight excluding hydrogens is 670 g/mol. The Morgan fingerprint density at radius 3 is 1.38 bits per heavy atom. The first-order chi connectivity index (χ1) is 23.0. The molecule has 282 valence electrons. The van der Waals surface area contributed by atoms with Crippen LogP contribution in [0.5, 0.6) is 0 Å². The number of rotatable bonds is 24. The molecule has 0 aliphatic carbocycles. The third kappa shape index (κ3) is 17.7. The Hall–Kier alpha value is -5.34. The van der Waals surface area contributed by atoms with Gasteiger partial charge in [0.2, 0.25) is 35.4 Å². The first-order valence-electron chi connectivity index (χ1n) is 15.5. The summed E-state index contributed by atoms with van der Waals surface area (Å²) in [5.74, 6) is -13.3. The number of carboxylic acid groups (broad SMARTS) is 4. The zero-order valence-electron chi connectivity index (χ0n) is 28.1. The maximum absolute atomic E-state index is 13.2. The quantitative estimate of drug-likeness (QED) is 0.0463. The third-order valence-corrected chi connectivity index (χ3v) is 6.91. The monoisotopic (exact) mass is 717 g/mol. The Bertz CT molecular complexity index is 1290. The van der Waals surface area contributed by atoms with E-state index in [1.54, 1.807) is 13.8 Å². The van der Waals surface area contributed by atoms with Crippen LogP contribution in [0, 0.1) is 11.8 Å². The van der Waals surface area contributed by atoms with E-state index in [4.69, 9.17) is 16.6 Å². The number of carboxylic acids is 4. The Morgan fingerprint density at radius 2 is 0.980 bits per heavy atom. The summed E-state index contributed by atoms with van der Waals surface area (Å²) in [5.41, 5.74) is 10.8. The van der Waals surface area contributed by atoms with Crippen molar-refractivity contribution in [3.8, 4) is 0 Å². The van der Waals surface area contributed by atoms with E-state index in [9.17, 15) is 63.3 Å². The van der Waals surface area contributed by atoms with Gasteiger partial charge in [-0.1, -0.05) is 27.7 Å². The highest BCUT2D eigenvalue weighted by atomic mass is 16.4. The van der Waals surface area contributed by atoms with Crippen molar-refractivity contribution in [2.75, 3.05) is 0 Å². The Morgan fingerprint density at radius 1 is 0.540 bits per heavy atom. The fourth-order valence-corrected chi connectivity index (χ4v) is 4.30. The van der Waals surface area contributed by atoms with E-state index < -0.39 is 127 Å². The van der Waals surface area contributed by atoms with E-state index in [1.807, 2.05) is 5.32 Å². The number of primary amides is 1. The molecule has 0 unspecified atom stereocenters. The molecule has 0 heterocycles. The van der Waals surface area contributed by atoms with Crippen molar-refractivity contribution in [1.29, 1.82) is 0 Å². The highest BCUT2D eigenvalue weighted by Gasteiger charge is 2.35. The average molecular weight is 718 g/mol. The van der Waals surface area contributed by atoms with Gasteiger partial charge in [-0.2, -0.15) is 0 Å². The molecule has 0 rings (SSSR count). The average Bonchev–Trinajstić information content (AvgIpc) is 2.97. The molecule has 21 nitrogen and oxygen atoms in total. The van der Waals surface area contributed by atoms with Gasteiger partial charge in [-0.3, -0.25) is 43.2 Å². The Balaban J connectivity index is 6.09. The number of hydrogen-bond donors (Lipinski definition) is 11. The van der Waals surface area contributed by atoms with Crippen molar-refractivity contribution in [2.45, 2.75) is 109 Å². The highest BCUT2D eigenvalue weighted by molar-refractivity contribution is 5.98. The molecule has 21 heteroatoms. The van der Waals surface area contributed by atoms with E-state index in [1.165, 1.54) is 13.8 Å². The van der Waals surface area contributed by atoms with Crippen molar-refractivity contribution < 1.29 is 68.4 Å². The number of nitrogens with one attached hydrogen (secondary N) is 5. The normalized spacial score (nSPS) is 14.5. The largest absolute Gasteiger partial charge is 0.481 e. The molecule has 0 aromatic rings. The van der Waals surface area contributed by atoms with Gasteiger partial charge in [-0.15, -0.1) is 0 Å². The van der Waals surface area contributed by atoms with Gasteiger partial charge < -0.3 is 58.5 Å². The summed E-state index contributed by atoms with van der Waals surface area (Å²) in [6.07, 6.45) is -3.60. The van der Waals surface area contributed by atoms with Gasteiger partial charge in [0.1, 0.15) is 30.2 Å². The van der Waals surface area contributed by atoms with E-state index in [2.05, 4.69) is 21.3 Å². The number of hydrogen-bond acceptors (Lipinski definition) is 11. The molecule has 50 heavy (non-hydrogen) atoms. The summed E-state index contributed by atoms with van der Waals surface area (Å²) < 4.78 is 0. The Labute approximate surface area is 286 Å². The van der Waals surface area contributed by atoms with Gasteiger partial charge in [0, 0.05) is 12.8 Å². The van der Waals surface area contributed by atoms with Gasteiger partial charge >= 0.3 is 23.9 Å². The lowest BCUT2D eigenvalue weighted by Gasteiger charge is -2.27. The molecule has 0 saturated heterocycles. The van der Waals surface area contributed by atoms with E-state index in [0.717, 1.165) is 0 Å². The molecule has 0 bridgehead atoms. The molecule has 6 atom stereocenters. The summed E-state index contributed by atoms with van der Waals surface area (Å²) in [4.78, 5) is 122. The zero-order chi connectivity index (χ0) is 38.9.